The van der Waals surface area contributed by atoms with Gasteiger partial charge in [-0.15, -0.1) is 0 Å². The lowest BCUT2D eigenvalue weighted by atomic mass is 10.0. The quantitative estimate of drug-likeness (QED) is 0.143. The van der Waals surface area contributed by atoms with Gasteiger partial charge in [0, 0.05) is 70.0 Å². The highest BCUT2D eigenvalue weighted by molar-refractivity contribution is 6.15. The zero-order valence-electron chi connectivity index (χ0n) is 39.5. The molecule has 10 rings (SSSR count). The van der Waals surface area contributed by atoms with Gasteiger partial charge in [0.1, 0.15) is 0 Å². The van der Waals surface area contributed by atoms with Crippen LogP contribution in [0.15, 0.2) is 251 Å². The number of hydrogen-bond acceptors (Lipinski definition) is 3. The first-order valence-electron chi connectivity index (χ1n) is 22.8. The third kappa shape index (κ3) is 12.1. The van der Waals surface area contributed by atoms with Gasteiger partial charge in [-0.05, 0) is 121 Å². The van der Waals surface area contributed by atoms with E-state index in [1.807, 2.05) is 94.1 Å². The highest BCUT2D eigenvalue weighted by atomic mass is 15.1. The molecule has 3 aromatic heterocycles. The van der Waals surface area contributed by atoms with Crippen LogP contribution in [-0.2, 0) is 0 Å². The van der Waals surface area contributed by atoms with Gasteiger partial charge in [0.05, 0.1) is 16.6 Å². The fourth-order valence-corrected chi connectivity index (χ4v) is 7.56. The Kier molecular flexibility index (Phi) is 17.8. The summed E-state index contributed by atoms with van der Waals surface area (Å²) < 4.78 is 4.63. The van der Waals surface area contributed by atoms with E-state index < -0.39 is 0 Å². The maximum Gasteiger partial charge on any atom is 0.159 e. The van der Waals surface area contributed by atoms with E-state index >= 15 is 0 Å². The summed E-state index contributed by atoms with van der Waals surface area (Å²) in [4.78, 5) is 11.4. The van der Waals surface area contributed by atoms with E-state index in [-0.39, 0.29) is 0 Å². The van der Waals surface area contributed by atoms with Crippen molar-refractivity contribution in [2.24, 2.45) is 0 Å². The second-order valence-electron chi connectivity index (χ2n) is 15.6. The van der Waals surface area contributed by atoms with Gasteiger partial charge in [-0.1, -0.05) is 161 Å². The molecule has 5 heteroatoms. The standard InChI is InChI=1S/C40H26N4.C10H13N.C5H8.C4H6.C3H8/c1-3-9-27(10-4-1)32-25-41-40(42-26-32)28-15-17-34(18-16-28)44-37-14-8-7-13-35(37)36-22-31-23-38-29(21-30(31)24-39(36)44)19-20-43(38)33-11-5-2-6-12-33;1-3-9-11(2)10-7-5-4-6-8-10;1-3-5-4-2;1-3-4-2;1-3-2/h1-26H;3-9H,1-2H3;3-5H,1H2,2H3;3-4H,1-2H2;3H2,1-2H3/b;9-3-;5-4-;;. The van der Waals surface area contributed by atoms with Crippen molar-refractivity contribution in [3.05, 3.63) is 251 Å². The minimum atomic E-state index is 0.718. The van der Waals surface area contributed by atoms with Crippen molar-refractivity contribution < 1.29 is 0 Å². The fourth-order valence-electron chi connectivity index (χ4n) is 7.56. The van der Waals surface area contributed by atoms with Gasteiger partial charge < -0.3 is 14.0 Å². The molecule has 0 saturated heterocycles. The van der Waals surface area contributed by atoms with Crippen LogP contribution in [0.3, 0.4) is 0 Å². The largest absolute Gasteiger partial charge is 0.351 e. The van der Waals surface area contributed by atoms with E-state index in [1.54, 1.807) is 18.2 Å². The number of rotatable bonds is 8. The molecule has 5 nitrogen and oxygen atoms in total. The SMILES string of the molecule is C/C=C\N(C)c1ccccc1.C=C/C=C\C.C=CC=C.CCC.c1ccc(-c2cnc(-c3ccc(-n4c5ccccc5c5cc6cc7c(ccn7-c7ccccc7)cc6cc54)cc3)nc2)cc1. The summed E-state index contributed by atoms with van der Waals surface area (Å²) in [6.07, 6.45) is 20.1. The maximum absolute atomic E-state index is 4.68. The molecule has 0 spiro atoms. The third-order valence-corrected chi connectivity index (χ3v) is 10.6. The molecule has 0 aliphatic carbocycles. The zero-order chi connectivity index (χ0) is 47.4. The van der Waals surface area contributed by atoms with Crippen LogP contribution in [0, 0.1) is 0 Å². The molecule has 0 aliphatic heterocycles. The molecule has 0 unspecified atom stereocenters. The molecule has 7 aromatic carbocycles. The van der Waals surface area contributed by atoms with Crippen molar-refractivity contribution in [2.75, 3.05) is 11.9 Å². The number of allylic oxidation sites excluding steroid dienone is 6. The normalized spacial score (nSPS) is 10.6. The Balaban J connectivity index is 0.000000267. The topological polar surface area (TPSA) is 38.9 Å². The van der Waals surface area contributed by atoms with Crippen LogP contribution in [-0.4, -0.2) is 26.1 Å². The molecule has 3 heterocycles. The lowest BCUT2D eigenvalue weighted by Crippen LogP contribution is -2.06. The van der Waals surface area contributed by atoms with Crippen molar-refractivity contribution in [1.82, 2.24) is 19.1 Å². The molecule has 0 aliphatic rings. The van der Waals surface area contributed by atoms with Gasteiger partial charge in [-0.25, -0.2) is 9.97 Å². The molecule has 0 radical (unpaired) electrons. The minimum Gasteiger partial charge on any atom is -0.351 e. The van der Waals surface area contributed by atoms with Crippen molar-refractivity contribution in [2.45, 2.75) is 34.1 Å². The maximum atomic E-state index is 4.68. The molecule has 0 N–H and O–H groups in total. The number of nitrogens with zero attached hydrogens (tertiary/aromatic N) is 5. The van der Waals surface area contributed by atoms with E-state index in [0.29, 0.717) is 0 Å². The van der Waals surface area contributed by atoms with E-state index in [2.05, 4.69) is 197 Å². The van der Waals surface area contributed by atoms with Crippen molar-refractivity contribution in [1.29, 1.82) is 0 Å². The fraction of sp³-hybridized carbons (Fsp3) is 0.0968. The first-order valence-corrected chi connectivity index (χ1v) is 22.8. The summed E-state index contributed by atoms with van der Waals surface area (Å²) in [6.45, 7) is 18.4. The molecule has 334 valence electrons. The Morgan fingerprint density at radius 3 is 1.69 bits per heavy atom. The lowest BCUT2D eigenvalue weighted by molar-refractivity contribution is 1.09. The van der Waals surface area contributed by atoms with Gasteiger partial charge in [-0.3, -0.25) is 0 Å². The third-order valence-electron chi connectivity index (χ3n) is 10.6. The molecular weight excluding hydrogens is 815 g/mol. The Hall–Kier alpha value is -8.28. The van der Waals surface area contributed by atoms with Crippen LogP contribution in [0.2, 0.25) is 0 Å². The van der Waals surface area contributed by atoms with Crippen LogP contribution in [0.4, 0.5) is 5.69 Å². The highest BCUT2D eigenvalue weighted by Crippen LogP contribution is 2.37. The molecule has 0 saturated carbocycles. The van der Waals surface area contributed by atoms with Crippen LogP contribution in [0.1, 0.15) is 34.1 Å². The minimum absolute atomic E-state index is 0.718. The van der Waals surface area contributed by atoms with E-state index in [9.17, 15) is 0 Å². The predicted octanol–water partition coefficient (Wildman–Crippen LogP) is 17.2. The lowest BCUT2D eigenvalue weighted by Gasteiger charge is -2.12. The Morgan fingerprint density at radius 2 is 1.09 bits per heavy atom. The number of para-hydroxylation sites is 3. The molecule has 0 fully saturated rings. The van der Waals surface area contributed by atoms with Crippen molar-refractivity contribution in [3.8, 4) is 33.9 Å². The number of hydrogen-bond donors (Lipinski definition) is 0. The molecule has 67 heavy (non-hydrogen) atoms. The second kappa shape index (κ2) is 24.7. The Morgan fingerprint density at radius 1 is 0.507 bits per heavy atom. The summed E-state index contributed by atoms with van der Waals surface area (Å²) >= 11 is 0. The number of benzene rings is 7. The van der Waals surface area contributed by atoms with Crippen molar-refractivity contribution in [3.63, 3.8) is 0 Å². The number of fused-ring (bicyclic) bond motifs is 5. The van der Waals surface area contributed by atoms with Crippen LogP contribution < -0.4 is 4.90 Å². The first kappa shape index (κ1) is 48.2. The van der Waals surface area contributed by atoms with Gasteiger partial charge in [0.25, 0.3) is 0 Å². The first-order chi connectivity index (χ1) is 32.9. The highest BCUT2D eigenvalue weighted by Gasteiger charge is 2.15. The molecular formula is C62H61N5. The molecule has 0 amide bonds. The zero-order valence-corrected chi connectivity index (χ0v) is 39.5. The van der Waals surface area contributed by atoms with E-state index in [4.69, 9.17) is 0 Å². The smallest absolute Gasteiger partial charge is 0.159 e. The number of aromatic nitrogens is 4. The Labute approximate surface area is 397 Å². The van der Waals surface area contributed by atoms with Crippen molar-refractivity contribution >= 4 is 49.2 Å². The summed E-state index contributed by atoms with van der Waals surface area (Å²) in [5.74, 6) is 0.718. The summed E-state index contributed by atoms with van der Waals surface area (Å²) in [5.41, 5.74) is 10.2. The predicted molar refractivity (Wildman–Crippen MR) is 293 cm³/mol. The van der Waals surface area contributed by atoms with Crippen LogP contribution in [0.5, 0.6) is 0 Å². The number of anilines is 1. The average molecular weight is 876 g/mol. The molecule has 0 atom stereocenters. The monoisotopic (exact) mass is 875 g/mol. The summed E-state index contributed by atoms with van der Waals surface area (Å²) in [5, 5.41) is 6.17. The van der Waals surface area contributed by atoms with Crippen LogP contribution in [0.25, 0.3) is 77.4 Å². The van der Waals surface area contributed by atoms with E-state index in [0.717, 1.165) is 28.2 Å². The van der Waals surface area contributed by atoms with E-state index in [1.165, 1.54) is 61.3 Å². The summed E-state index contributed by atoms with van der Waals surface area (Å²) in [7, 11) is 2.04. The van der Waals surface area contributed by atoms with Gasteiger partial charge in [0.15, 0.2) is 5.82 Å². The van der Waals surface area contributed by atoms with Gasteiger partial charge >= 0.3 is 0 Å². The average Bonchev–Trinajstić information content (AvgIpc) is 3.95. The summed E-state index contributed by atoms with van der Waals surface area (Å²) in [6, 6.07) is 59.8. The van der Waals surface area contributed by atoms with Gasteiger partial charge in [-0.2, -0.15) is 0 Å². The van der Waals surface area contributed by atoms with Gasteiger partial charge in [0.2, 0.25) is 0 Å². The Bertz CT molecular complexity index is 3170. The molecule has 10 aromatic rings. The van der Waals surface area contributed by atoms with Crippen LogP contribution >= 0.6 is 0 Å². The molecule has 0 bridgehead atoms. The second-order valence-corrected chi connectivity index (χ2v) is 15.6.